The van der Waals surface area contributed by atoms with Crippen LogP contribution in [0.1, 0.15) is 46.0 Å². The summed E-state index contributed by atoms with van der Waals surface area (Å²) in [7, 11) is 2.02. The zero-order chi connectivity index (χ0) is 12.1. The number of nitrogens with one attached hydrogen (secondary N) is 1. The van der Waals surface area contributed by atoms with Gasteiger partial charge in [0.1, 0.15) is 0 Å². The van der Waals surface area contributed by atoms with Crippen molar-refractivity contribution in [1.29, 1.82) is 0 Å². The molecule has 0 radical (unpaired) electrons. The molecule has 0 aliphatic heterocycles. The van der Waals surface area contributed by atoms with Gasteiger partial charge in [-0.05, 0) is 51.0 Å². The predicted molar refractivity (Wildman–Crippen MR) is 65.4 cm³/mol. The highest BCUT2D eigenvalue weighted by molar-refractivity contribution is 5.69. The molecule has 1 unspecified atom stereocenters. The summed E-state index contributed by atoms with van der Waals surface area (Å²) in [6.45, 7) is 4.49. The lowest BCUT2D eigenvalue weighted by Gasteiger charge is -2.33. The van der Waals surface area contributed by atoms with Gasteiger partial charge in [0.25, 0.3) is 0 Å². The Morgan fingerprint density at radius 3 is 2.25 bits per heavy atom. The molecule has 0 spiro atoms. The third kappa shape index (κ3) is 3.78. The van der Waals surface area contributed by atoms with Crippen LogP contribution >= 0.6 is 0 Å². The maximum absolute atomic E-state index is 10.9. The van der Waals surface area contributed by atoms with E-state index in [4.69, 9.17) is 5.11 Å². The predicted octanol–water partition coefficient (Wildman–Crippen LogP) is 2.51. The first kappa shape index (κ1) is 13.5. The quantitative estimate of drug-likeness (QED) is 0.758. The lowest BCUT2D eigenvalue weighted by Crippen LogP contribution is -2.37. The topological polar surface area (TPSA) is 49.3 Å². The standard InChI is InChI=1S/C13H25NO2/c1-9(2)8-12(14-3)10-4-6-11(7-5-10)13(15)16/h9-12,14H,4-8H2,1-3H3,(H,15,16). The SMILES string of the molecule is CNC(CC(C)C)C1CCC(C(=O)O)CC1. The van der Waals surface area contributed by atoms with Crippen LogP contribution in [0.4, 0.5) is 0 Å². The van der Waals surface area contributed by atoms with E-state index in [0.717, 1.165) is 25.7 Å². The van der Waals surface area contributed by atoms with Crippen molar-refractivity contribution in [2.45, 2.75) is 52.0 Å². The number of hydrogen-bond donors (Lipinski definition) is 2. The smallest absolute Gasteiger partial charge is 0.306 e. The summed E-state index contributed by atoms with van der Waals surface area (Å²) in [5, 5.41) is 12.3. The molecule has 0 saturated heterocycles. The second-order valence-corrected chi connectivity index (χ2v) is 5.47. The van der Waals surface area contributed by atoms with Gasteiger partial charge in [-0.2, -0.15) is 0 Å². The Morgan fingerprint density at radius 2 is 1.88 bits per heavy atom. The molecule has 1 saturated carbocycles. The number of carbonyl (C=O) groups is 1. The van der Waals surface area contributed by atoms with Gasteiger partial charge in [-0.15, -0.1) is 0 Å². The molecule has 0 aromatic carbocycles. The van der Waals surface area contributed by atoms with Gasteiger partial charge in [0, 0.05) is 6.04 Å². The van der Waals surface area contributed by atoms with Gasteiger partial charge < -0.3 is 10.4 Å². The highest BCUT2D eigenvalue weighted by Crippen LogP contribution is 2.32. The summed E-state index contributed by atoms with van der Waals surface area (Å²) in [5.41, 5.74) is 0. The Morgan fingerprint density at radius 1 is 1.31 bits per heavy atom. The summed E-state index contributed by atoms with van der Waals surface area (Å²) < 4.78 is 0. The molecule has 3 nitrogen and oxygen atoms in total. The molecule has 1 fully saturated rings. The van der Waals surface area contributed by atoms with E-state index in [2.05, 4.69) is 19.2 Å². The van der Waals surface area contributed by atoms with Crippen molar-refractivity contribution in [3.63, 3.8) is 0 Å². The molecule has 94 valence electrons. The third-order valence-corrected chi connectivity index (χ3v) is 3.79. The first-order valence-electron chi connectivity index (χ1n) is 6.44. The first-order chi connectivity index (χ1) is 7.54. The van der Waals surface area contributed by atoms with Gasteiger partial charge in [0.05, 0.1) is 5.92 Å². The van der Waals surface area contributed by atoms with Crippen LogP contribution in [0, 0.1) is 17.8 Å². The van der Waals surface area contributed by atoms with E-state index in [0.29, 0.717) is 17.9 Å². The second kappa shape index (κ2) is 6.24. The van der Waals surface area contributed by atoms with Crippen molar-refractivity contribution in [1.82, 2.24) is 5.32 Å². The Hall–Kier alpha value is -0.570. The maximum atomic E-state index is 10.9. The second-order valence-electron chi connectivity index (χ2n) is 5.47. The number of carboxylic acid groups (broad SMARTS) is 1. The Bertz CT molecular complexity index is 220. The number of hydrogen-bond acceptors (Lipinski definition) is 2. The minimum Gasteiger partial charge on any atom is -0.481 e. The summed E-state index contributed by atoms with van der Waals surface area (Å²) in [5.74, 6) is 0.675. The van der Waals surface area contributed by atoms with Crippen LogP contribution in [-0.2, 0) is 4.79 Å². The van der Waals surface area contributed by atoms with Gasteiger partial charge in [-0.25, -0.2) is 0 Å². The number of carboxylic acids is 1. The molecule has 1 atom stereocenters. The van der Waals surface area contributed by atoms with Crippen molar-refractivity contribution < 1.29 is 9.90 Å². The number of aliphatic carboxylic acids is 1. The van der Waals surface area contributed by atoms with Gasteiger partial charge in [0.15, 0.2) is 0 Å². The van der Waals surface area contributed by atoms with Crippen molar-refractivity contribution in [3.8, 4) is 0 Å². The molecule has 3 heteroatoms. The fraction of sp³-hybridized carbons (Fsp3) is 0.923. The fourth-order valence-electron chi connectivity index (χ4n) is 2.82. The Kier molecular flexibility index (Phi) is 5.26. The molecule has 0 amide bonds. The molecule has 1 aliphatic carbocycles. The van der Waals surface area contributed by atoms with Crippen LogP contribution in [0.25, 0.3) is 0 Å². The summed E-state index contributed by atoms with van der Waals surface area (Å²) >= 11 is 0. The van der Waals surface area contributed by atoms with Crippen LogP contribution in [0.2, 0.25) is 0 Å². The molecule has 1 aliphatic rings. The van der Waals surface area contributed by atoms with E-state index < -0.39 is 5.97 Å². The molecule has 1 rings (SSSR count). The van der Waals surface area contributed by atoms with Crippen molar-refractivity contribution >= 4 is 5.97 Å². The van der Waals surface area contributed by atoms with E-state index in [-0.39, 0.29) is 5.92 Å². The zero-order valence-electron chi connectivity index (χ0n) is 10.7. The van der Waals surface area contributed by atoms with E-state index >= 15 is 0 Å². The normalized spacial score (nSPS) is 28.0. The molecule has 16 heavy (non-hydrogen) atoms. The monoisotopic (exact) mass is 227 g/mol. The van der Waals surface area contributed by atoms with Crippen molar-refractivity contribution in [3.05, 3.63) is 0 Å². The molecule has 2 N–H and O–H groups in total. The van der Waals surface area contributed by atoms with Gasteiger partial charge in [0.2, 0.25) is 0 Å². The van der Waals surface area contributed by atoms with E-state index in [1.807, 2.05) is 7.05 Å². The average molecular weight is 227 g/mol. The highest BCUT2D eigenvalue weighted by Gasteiger charge is 2.29. The Balaban J connectivity index is 2.41. The lowest BCUT2D eigenvalue weighted by atomic mass is 9.76. The first-order valence-corrected chi connectivity index (χ1v) is 6.44. The largest absolute Gasteiger partial charge is 0.481 e. The van der Waals surface area contributed by atoms with Crippen LogP contribution in [0.3, 0.4) is 0 Å². The highest BCUT2D eigenvalue weighted by atomic mass is 16.4. The zero-order valence-corrected chi connectivity index (χ0v) is 10.7. The summed E-state index contributed by atoms with van der Waals surface area (Å²) in [4.78, 5) is 10.9. The Labute approximate surface area is 98.6 Å². The molecule has 0 aromatic heterocycles. The minimum atomic E-state index is -0.608. The fourth-order valence-corrected chi connectivity index (χ4v) is 2.82. The molecule has 0 bridgehead atoms. The number of rotatable bonds is 5. The minimum absolute atomic E-state index is 0.0900. The van der Waals surface area contributed by atoms with Crippen molar-refractivity contribution in [2.24, 2.45) is 17.8 Å². The molecule has 0 heterocycles. The molecular formula is C13H25NO2. The van der Waals surface area contributed by atoms with E-state index in [1.165, 1.54) is 6.42 Å². The summed E-state index contributed by atoms with van der Waals surface area (Å²) in [6.07, 6.45) is 5.04. The third-order valence-electron chi connectivity index (χ3n) is 3.79. The maximum Gasteiger partial charge on any atom is 0.306 e. The van der Waals surface area contributed by atoms with Gasteiger partial charge in [-0.3, -0.25) is 4.79 Å². The van der Waals surface area contributed by atoms with Crippen molar-refractivity contribution in [2.75, 3.05) is 7.05 Å². The van der Waals surface area contributed by atoms with Crippen LogP contribution in [0.15, 0.2) is 0 Å². The summed E-state index contributed by atoms with van der Waals surface area (Å²) in [6, 6.07) is 0.565. The van der Waals surface area contributed by atoms with E-state index in [9.17, 15) is 4.79 Å². The van der Waals surface area contributed by atoms with Gasteiger partial charge in [-0.1, -0.05) is 13.8 Å². The van der Waals surface area contributed by atoms with Crippen LogP contribution in [0.5, 0.6) is 0 Å². The molecular weight excluding hydrogens is 202 g/mol. The average Bonchev–Trinajstić information content (AvgIpc) is 2.25. The van der Waals surface area contributed by atoms with Gasteiger partial charge >= 0.3 is 5.97 Å². The molecule has 0 aromatic rings. The van der Waals surface area contributed by atoms with E-state index in [1.54, 1.807) is 0 Å². The van der Waals surface area contributed by atoms with Crippen LogP contribution < -0.4 is 5.32 Å². The lowest BCUT2D eigenvalue weighted by molar-refractivity contribution is -0.143. The van der Waals surface area contributed by atoms with Crippen LogP contribution in [-0.4, -0.2) is 24.2 Å².